The standard InChI is InChI=1S/C21H22N4O2/c1-14-8-12-25(13-9-14)21(27)15-2-4-16(5-3-15)24-20(26)18-7-11-23-19-17(18)6-10-22-19/h2-7,10-11,14H,8-9,12-13H2,1H3,(H,22,23)(H,24,26). The quantitative estimate of drug-likeness (QED) is 0.746. The van der Waals surface area contributed by atoms with Crippen molar-refractivity contribution in [2.45, 2.75) is 19.8 Å². The molecule has 1 aliphatic rings. The maximum atomic E-state index is 12.6. The molecule has 0 atom stereocenters. The molecule has 2 N–H and O–H groups in total. The molecule has 0 radical (unpaired) electrons. The van der Waals surface area contributed by atoms with Gasteiger partial charge in [0.05, 0.1) is 5.56 Å². The predicted octanol–water partition coefficient (Wildman–Crippen LogP) is 3.69. The van der Waals surface area contributed by atoms with E-state index < -0.39 is 0 Å². The lowest BCUT2D eigenvalue weighted by molar-refractivity contribution is 0.0697. The lowest BCUT2D eigenvalue weighted by Gasteiger charge is -2.30. The van der Waals surface area contributed by atoms with Gasteiger partial charge in [-0.1, -0.05) is 6.92 Å². The number of aromatic nitrogens is 2. The monoisotopic (exact) mass is 362 g/mol. The van der Waals surface area contributed by atoms with Crippen LogP contribution in [0.1, 0.15) is 40.5 Å². The number of aromatic amines is 1. The molecule has 1 aromatic carbocycles. The van der Waals surface area contributed by atoms with Gasteiger partial charge in [-0.2, -0.15) is 0 Å². The first kappa shape index (κ1) is 17.3. The Hall–Kier alpha value is -3.15. The lowest BCUT2D eigenvalue weighted by atomic mass is 9.98. The van der Waals surface area contributed by atoms with Gasteiger partial charge in [0.25, 0.3) is 11.8 Å². The fourth-order valence-electron chi connectivity index (χ4n) is 3.45. The first-order valence-electron chi connectivity index (χ1n) is 9.24. The molecule has 3 aromatic rings. The molecule has 3 heterocycles. The van der Waals surface area contributed by atoms with E-state index in [1.165, 1.54) is 0 Å². The molecule has 4 rings (SSSR count). The van der Waals surface area contributed by atoms with Gasteiger partial charge in [0.15, 0.2) is 0 Å². The minimum Gasteiger partial charge on any atom is -0.346 e. The zero-order valence-electron chi connectivity index (χ0n) is 15.2. The summed E-state index contributed by atoms with van der Waals surface area (Å²) in [5, 5.41) is 3.66. The van der Waals surface area contributed by atoms with Crippen molar-refractivity contribution in [3.63, 3.8) is 0 Å². The molecule has 6 heteroatoms. The van der Waals surface area contributed by atoms with Crippen molar-refractivity contribution >= 4 is 28.5 Å². The molecule has 0 bridgehead atoms. The summed E-state index contributed by atoms with van der Waals surface area (Å²) in [6.45, 7) is 3.85. The van der Waals surface area contributed by atoms with E-state index in [2.05, 4.69) is 22.2 Å². The normalized spacial score (nSPS) is 15.1. The molecule has 6 nitrogen and oxygen atoms in total. The molecule has 0 saturated carbocycles. The lowest BCUT2D eigenvalue weighted by Crippen LogP contribution is -2.37. The van der Waals surface area contributed by atoms with Crippen molar-refractivity contribution in [2.75, 3.05) is 18.4 Å². The van der Waals surface area contributed by atoms with Gasteiger partial charge < -0.3 is 15.2 Å². The van der Waals surface area contributed by atoms with Crippen LogP contribution in [0.2, 0.25) is 0 Å². The second kappa shape index (κ2) is 7.23. The minimum absolute atomic E-state index is 0.0583. The van der Waals surface area contributed by atoms with E-state index in [-0.39, 0.29) is 11.8 Å². The number of H-pyrrole nitrogens is 1. The van der Waals surface area contributed by atoms with Crippen molar-refractivity contribution in [3.8, 4) is 0 Å². The van der Waals surface area contributed by atoms with Crippen LogP contribution in [0, 0.1) is 5.92 Å². The van der Waals surface area contributed by atoms with Gasteiger partial charge in [-0.15, -0.1) is 0 Å². The van der Waals surface area contributed by atoms with Crippen LogP contribution in [0.25, 0.3) is 11.0 Å². The highest BCUT2D eigenvalue weighted by atomic mass is 16.2. The van der Waals surface area contributed by atoms with Crippen LogP contribution >= 0.6 is 0 Å². The van der Waals surface area contributed by atoms with Gasteiger partial charge in [0.2, 0.25) is 0 Å². The van der Waals surface area contributed by atoms with Crippen molar-refractivity contribution in [2.24, 2.45) is 5.92 Å². The van der Waals surface area contributed by atoms with E-state index in [1.54, 1.807) is 42.7 Å². The molecule has 0 spiro atoms. The summed E-state index contributed by atoms with van der Waals surface area (Å²) in [7, 11) is 0. The molecule has 138 valence electrons. The fourth-order valence-corrected chi connectivity index (χ4v) is 3.45. The zero-order valence-corrected chi connectivity index (χ0v) is 15.2. The van der Waals surface area contributed by atoms with Gasteiger partial charge in [0, 0.05) is 42.1 Å². The first-order chi connectivity index (χ1) is 13.1. The zero-order chi connectivity index (χ0) is 18.8. The Bertz CT molecular complexity index is 969. The number of benzene rings is 1. The van der Waals surface area contributed by atoms with Gasteiger partial charge in [-0.25, -0.2) is 4.98 Å². The highest BCUT2D eigenvalue weighted by molar-refractivity contribution is 6.12. The smallest absolute Gasteiger partial charge is 0.256 e. The Morgan fingerprint density at radius 1 is 1.11 bits per heavy atom. The van der Waals surface area contributed by atoms with Crippen molar-refractivity contribution in [1.82, 2.24) is 14.9 Å². The summed E-state index contributed by atoms with van der Waals surface area (Å²) in [6.07, 6.45) is 5.48. The van der Waals surface area contributed by atoms with Crippen LogP contribution in [0.5, 0.6) is 0 Å². The average molecular weight is 362 g/mol. The summed E-state index contributed by atoms with van der Waals surface area (Å²) < 4.78 is 0. The Morgan fingerprint density at radius 3 is 2.59 bits per heavy atom. The minimum atomic E-state index is -0.203. The molecule has 2 amide bonds. The number of hydrogen-bond acceptors (Lipinski definition) is 3. The Kier molecular flexibility index (Phi) is 4.62. The van der Waals surface area contributed by atoms with Crippen molar-refractivity contribution in [1.29, 1.82) is 0 Å². The number of pyridine rings is 1. The number of carbonyl (C=O) groups is 2. The van der Waals surface area contributed by atoms with Crippen LogP contribution in [0.15, 0.2) is 48.8 Å². The third kappa shape index (κ3) is 3.56. The van der Waals surface area contributed by atoms with Crippen LogP contribution in [-0.4, -0.2) is 39.8 Å². The summed E-state index contributed by atoms with van der Waals surface area (Å²) in [6, 6.07) is 10.6. The first-order valence-corrected chi connectivity index (χ1v) is 9.24. The predicted molar refractivity (Wildman–Crippen MR) is 105 cm³/mol. The number of rotatable bonds is 3. The number of fused-ring (bicyclic) bond motifs is 1. The Labute approximate surface area is 157 Å². The molecule has 1 fully saturated rings. The van der Waals surface area contributed by atoms with Gasteiger partial charge in [0.1, 0.15) is 5.65 Å². The number of carbonyl (C=O) groups excluding carboxylic acids is 2. The van der Waals surface area contributed by atoms with Gasteiger partial charge >= 0.3 is 0 Å². The van der Waals surface area contributed by atoms with Crippen molar-refractivity contribution in [3.05, 3.63) is 59.9 Å². The molecule has 0 unspecified atom stereocenters. The number of anilines is 1. The Morgan fingerprint density at radius 2 is 1.85 bits per heavy atom. The van der Waals surface area contributed by atoms with E-state index >= 15 is 0 Å². The topological polar surface area (TPSA) is 78.1 Å². The molecular weight excluding hydrogens is 340 g/mol. The van der Waals surface area contributed by atoms with E-state index in [1.807, 2.05) is 11.0 Å². The molecule has 0 aliphatic carbocycles. The number of likely N-dealkylation sites (tertiary alicyclic amines) is 1. The third-order valence-electron chi connectivity index (χ3n) is 5.17. The van der Waals surface area contributed by atoms with Crippen LogP contribution < -0.4 is 5.32 Å². The molecule has 1 saturated heterocycles. The number of amides is 2. The van der Waals surface area contributed by atoms with Gasteiger partial charge in [-0.3, -0.25) is 9.59 Å². The average Bonchev–Trinajstić information content (AvgIpc) is 3.17. The second-order valence-electron chi connectivity index (χ2n) is 7.10. The highest BCUT2D eigenvalue weighted by Gasteiger charge is 2.21. The van der Waals surface area contributed by atoms with Crippen molar-refractivity contribution < 1.29 is 9.59 Å². The second-order valence-corrected chi connectivity index (χ2v) is 7.10. The van der Waals surface area contributed by atoms with E-state index in [0.717, 1.165) is 31.3 Å². The maximum Gasteiger partial charge on any atom is 0.256 e. The number of nitrogens with one attached hydrogen (secondary N) is 2. The largest absolute Gasteiger partial charge is 0.346 e. The number of nitrogens with zero attached hydrogens (tertiary/aromatic N) is 2. The van der Waals surface area contributed by atoms with Gasteiger partial charge in [-0.05, 0) is 55.2 Å². The molecular formula is C21H22N4O2. The number of hydrogen-bond donors (Lipinski definition) is 2. The summed E-state index contributed by atoms with van der Waals surface area (Å²) in [5.41, 5.74) is 2.55. The van der Waals surface area contributed by atoms with Crippen LogP contribution in [0.3, 0.4) is 0 Å². The van der Waals surface area contributed by atoms with E-state index in [9.17, 15) is 9.59 Å². The highest BCUT2D eigenvalue weighted by Crippen LogP contribution is 2.20. The molecule has 2 aromatic heterocycles. The summed E-state index contributed by atoms with van der Waals surface area (Å²) in [5.74, 6) is 0.542. The molecule has 1 aliphatic heterocycles. The van der Waals surface area contributed by atoms with E-state index in [0.29, 0.717) is 28.4 Å². The SMILES string of the molecule is CC1CCN(C(=O)c2ccc(NC(=O)c3ccnc4[nH]ccc34)cc2)CC1. The summed E-state index contributed by atoms with van der Waals surface area (Å²) >= 11 is 0. The fraction of sp³-hybridized carbons (Fsp3) is 0.286. The van der Waals surface area contributed by atoms with Crippen LogP contribution in [-0.2, 0) is 0 Å². The third-order valence-corrected chi connectivity index (χ3v) is 5.17. The molecule has 27 heavy (non-hydrogen) atoms. The Balaban J connectivity index is 1.45. The summed E-state index contributed by atoms with van der Waals surface area (Å²) in [4.78, 5) is 34.3. The maximum absolute atomic E-state index is 12.6. The van der Waals surface area contributed by atoms with Crippen LogP contribution in [0.4, 0.5) is 5.69 Å². The van der Waals surface area contributed by atoms with E-state index in [4.69, 9.17) is 0 Å². The number of piperidine rings is 1.